The molecule has 1 saturated heterocycles. The summed E-state index contributed by atoms with van der Waals surface area (Å²) in [5.74, 6) is 0.440. The van der Waals surface area contributed by atoms with Crippen molar-refractivity contribution in [2.24, 2.45) is 11.8 Å². The van der Waals surface area contributed by atoms with E-state index < -0.39 is 11.7 Å². The van der Waals surface area contributed by atoms with Gasteiger partial charge in [-0.2, -0.15) is 13.2 Å². The maximum Gasteiger partial charge on any atom is 0.416 e. The third kappa shape index (κ3) is 5.06. The average Bonchev–Trinajstić information content (AvgIpc) is 3.55. The van der Waals surface area contributed by atoms with E-state index >= 15 is 0 Å². The molecule has 0 bridgehead atoms. The molecule has 5 rings (SSSR count). The molecule has 11 heteroatoms. The van der Waals surface area contributed by atoms with E-state index in [1.807, 2.05) is 6.92 Å². The minimum atomic E-state index is -4.54. The molecule has 0 radical (unpaired) electrons. The molecule has 2 atom stereocenters. The van der Waals surface area contributed by atoms with E-state index in [1.165, 1.54) is 12.4 Å². The summed E-state index contributed by atoms with van der Waals surface area (Å²) in [5.41, 5.74) is 1.06. The van der Waals surface area contributed by atoms with Crippen LogP contribution in [-0.2, 0) is 11.0 Å². The Bertz CT molecular complexity index is 1380. The number of hydrogen-bond acceptors (Lipinski definition) is 5. The second-order valence-corrected chi connectivity index (χ2v) is 10.2. The second kappa shape index (κ2) is 9.92. The Morgan fingerprint density at radius 3 is 2.66 bits per heavy atom. The summed E-state index contributed by atoms with van der Waals surface area (Å²) in [4.78, 5) is 39.0. The number of benzene rings is 1. The summed E-state index contributed by atoms with van der Waals surface area (Å²) in [5, 5.41) is 3.03. The van der Waals surface area contributed by atoms with Crippen LogP contribution in [0.2, 0.25) is 0 Å². The lowest BCUT2D eigenvalue weighted by molar-refractivity contribution is -0.137. The standard InChI is InChI=1S/C27H30F3N5O3/c1-4-21(36)35-10-14(2)19(11-35)34-26(37)22-15(3)33-25-23(31-13-32-24(22)25)18-9-17(27(28,29)30)7-8-20(18)38-12-16-5-6-16/h7-9,13-14,16,19,33H,4-6,10-12H2,1-3H3,(H,34,37)/t14-,19+/m0/s1. The van der Waals surface area contributed by atoms with Gasteiger partial charge in [-0.25, -0.2) is 9.97 Å². The number of likely N-dealkylation sites (tertiary alicyclic amines) is 1. The highest BCUT2D eigenvalue weighted by molar-refractivity contribution is 6.09. The predicted octanol–water partition coefficient (Wildman–Crippen LogP) is 4.73. The van der Waals surface area contributed by atoms with Crippen LogP contribution < -0.4 is 10.1 Å². The molecule has 2 amide bonds. The summed E-state index contributed by atoms with van der Waals surface area (Å²) < 4.78 is 46.7. The second-order valence-electron chi connectivity index (χ2n) is 10.2. The molecule has 1 aliphatic heterocycles. The van der Waals surface area contributed by atoms with Gasteiger partial charge in [0.2, 0.25) is 5.91 Å². The van der Waals surface area contributed by atoms with E-state index in [4.69, 9.17) is 4.74 Å². The van der Waals surface area contributed by atoms with E-state index in [0.717, 1.165) is 25.0 Å². The monoisotopic (exact) mass is 529 g/mol. The molecule has 0 spiro atoms. The quantitative estimate of drug-likeness (QED) is 0.461. The Balaban J connectivity index is 1.50. The number of H-pyrrole nitrogens is 1. The number of rotatable bonds is 7. The normalized spacial score (nSPS) is 19.7. The van der Waals surface area contributed by atoms with Crippen molar-refractivity contribution in [1.29, 1.82) is 0 Å². The maximum atomic E-state index is 13.6. The van der Waals surface area contributed by atoms with E-state index in [2.05, 4.69) is 20.3 Å². The van der Waals surface area contributed by atoms with Gasteiger partial charge in [0.15, 0.2) is 0 Å². The molecule has 202 valence electrons. The van der Waals surface area contributed by atoms with Crippen LogP contribution in [0.4, 0.5) is 13.2 Å². The molecule has 0 unspecified atom stereocenters. The molecule has 1 saturated carbocycles. The first-order valence-electron chi connectivity index (χ1n) is 12.8. The molecule has 2 N–H and O–H groups in total. The number of carbonyl (C=O) groups excluding carboxylic acids is 2. The van der Waals surface area contributed by atoms with Crippen LogP contribution in [0.25, 0.3) is 22.3 Å². The van der Waals surface area contributed by atoms with Crippen molar-refractivity contribution in [3.63, 3.8) is 0 Å². The fourth-order valence-corrected chi connectivity index (χ4v) is 4.94. The van der Waals surface area contributed by atoms with Crippen molar-refractivity contribution in [2.75, 3.05) is 19.7 Å². The van der Waals surface area contributed by atoms with Gasteiger partial charge in [-0.1, -0.05) is 13.8 Å². The lowest BCUT2D eigenvalue weighted by Crippen LogP contribution is -2.40. The van der Waals surface area contributed by atoms with E-state index in [1.54, 1.807) is 18.7 Å². The molecule has 1 aliphatic carbocycles. The Hall–Kier alpha value is -3.63. The molecule has 2 aliphatic rings. The van der Waals surface area contributed by atoms with Crippen LogP contribution >= 0.6 is 0 Å². The highest BCUT2D eigenvalue weighted by atomic mass is 19.4. The van der Waals surface area contributed by atoms with Crippen LogP contribution in [0.1, 0.15) is 54.7 Å². The zero-order chi connectivity index (χ0) is 27.2. The minimum absolute atomic E-state index is 0.0371. The first kappa shape index (κ1) is 26.0. The molecule has 2 aromatic heterocycles. The van der Waals surface area contributed by atoms with Crippen molar-refractivity contribution in [3.8, 4) is 17.0 Å². The van der Waals surface area contributed by atoms with Gasteiger partial charge in [0, 0.05) is 30.8 Å². The van der Waals surface area contributed by atoms with Crippen molar-refractivity contribution in [3.05, 3.63) is 41.3 Å². The molecule has 38 heavy (non-hydrogen) atoms. The molecule has 8 nitrogen and oxygen atoms in total. The smallest absolute Gasteiger partial charge is 0.416 e. The van der Waals surface area contributed by atoms with Gasteiger partial charge in [0.25, 0.3) is 5.91 Å². The number of hydrogen-bond donors (Lipinski definition) is 2. The largest absolute Gasteiger partial charge is 0.493 e. The third-order valence-electron chi connectivity index (χ3n) is 7.32. The lowest BCUT2D eigenvalue weighted by Gasteiger charge is -2.17. The van der Waals surface area contributed by atoms with Gasteiger partial charge in [-0.15, -0.1) is 0 Å². The summed E-state index contributed by atoms with van der Waals surface area (Å²) in [6.07, 6.45) is -0.835. The van der Waals surface area contributed by atoms with Gasteiger partial charge >= 0.3 is 6.18 Å². The molecular formula is C27H30F3N5O3. The maximum absolute atomic E-state index is 13.6. The van der Waals surface area contributed by atoms with Gasteiger partial charge in [0.1, 0.15) is 23.3 Å². The fraction of sp³-hybridized carbons (Fsp3) is 0.481. The van der Waals surface area contributed by atoms with Gasteiger partial charge in [-0.3, -0.25) is 9.59 Å². The van der Waals surface area contributed by atoms with E-state index in [9.17, 15) is 22.8 Å². The number of fused-ring (bicyclic) bond motifs is 1. The summed E-state index contributed by atoms with van der Waals surface area (Å²) in [6.45, 7) is 6.90. The average molecular weight is 530 g/mol. The number of carbonyl (C=O) groups is 2. The highest BCUT2D eigenvalue weighted by Gasteiger charge is 2.35. The lowest BCUT2D eigenvalue weighted by atomic mass is 10.0. The number of nitrogens with one attached hydrogen (secondary N) is 2. The Kier molecular flexibility index (Phi) is 6.79. The van der Waals surface area contributed by atoms with Crippen molar-refractivity contribution < 1.29 is 27.5 Å². The molecule has 3 heterocycles. The van der Waals surface area contributed by atoms with Crippen LogP contribution in [0, 0.1) is 18.8 Å². The van der Waals surface area contributed by atoms with E-state index in [-0.39, 0.29) is 35.0 Å². The van der Waals surface area contributed by atoms with Crippen LogP contribution in [0.5, 0.6) is 5.75 Å². The van der Waals surface area contributed by atoms with Crippen LogP contribution in [-0.4, -0.2) is 57.4 Å². The number of halogens is 3. The van der Waals surface area contributed by atoms with Crippen LogP contribution in [0.3, 0.4) is 0 Å². The number of aromatic amines is 1. The Labute approximate surface area is 218 Å². The van der Waals surface area contributed by atoms with Crippen molar-refractivity contribution in [2.45, 2.75) is 52.3 Å². The summed E-state index contributed by atoms with van der Waals surface area (Å²) in [7, 11) is 0. The predicted molar refractivity (Wildman–Crippen MR) is 135 cm³/mol. The number of aromatic nitrogens is 3. The number of ether oxygens (including phenoxy) is 1. The van der Waals surface area contributed by atoms with Crippen LogP contribution in [0.15, 0.2) is 24.5 Å². The van der Waals surface area contributed by atoms with Gasteiger partial charge < -0.3 is 19.9 Å². The summed E-state index contributed by atoms with van der Waals surface area (Å²) >= 11 is 0. The molecule has 1 aromatic carbocycles. The Morgan fingerprint density at radius 2 is 1.97 bits per heavy atom. The topological polar surface area (TPSA) is 100 Å². The summed E-state index contributed by atoms with van der Waals surface area (Å²) in [6, 6.07) is 3.12. The number of alkyl halides is 3. The van der Waals surface area contributed by atoms with Crippen molar-refractivity contribution >= 4 is 22.8 Å². The zero-order valence-corrected chi connectivity index (χ0v) is 21.5. The van der Waals surface area contributed by atoms with Crippen molar-refractivity contribution in [1.82, 2.24) is 25.2 Å². The first-order chi connectivity index (χ1) is 18.1. The Morgan fingerprint density at radius 1 is 1.21 bits per heavy atom. The SMILES string of the molecule is CCC(=O)N1C[C@H](C)[C@H](NC(=O)c2c(C)[nH]c3c(-c4cc(C(F)(F)F)ccc4OCC4CC4)ncnc23)C1. The molecule has 3 aromatic rings. The molecule has 2 fully saturated rings. The van der Waals surface area contributed by atoms with Gasteiger partial charge in [0.05, 0.1) is 29.3 Å². The number of nitrogens with zero attached hydrogens (tertiary/aromatic N) is 3. The highest BCUT2D eigenvalue weighted by Crippen LogP contribution is 2.40. The third-order valence-corrected chi connectivity index (χ3v) is 7.32. The fourth-order valence-electron chi connectivity index (χ4n) is 4.94. The van der Waals surface area contributed by atoms with Gasteiger partial charge in [-0.05, 0) is 49.8 Å². The number of aryl methyl sites for hydroxylation is 1. The molecular weight excluding hydrogens is 499 g/mol. The number of amides is 2. The van der Waals surface area contributed by atoms with E-state index in [0.29, 0.717) is 60.1 Å². The zero-order valence-electron chi connectivity index (χ0n) is 21.5. The minimum Gasteiger partial charge on any atom is -0.493 e. The first-order valence-corrected chi connectivity index (χ1v) is 12.8.